The maximum absolute atomic E-state index is 12.2. The number of amides is 2. The SMILES string of the molecule is CC(=O)N1CCC(C(=O)NCCc2ccc3c(c2)OCO3)CC1. The average molecular weight is 318 g/mol. The van der Waals surface area contributed by atoms with Crippen molar-refractivity contribution in [3.63, 3.8) is 0 Å². The molecular weight excluding hydrogens is 296 g/mol. The summed E-state index contributed by atoms with van der Waals surface area (Å²) < 4.78 is 10.6. The van der Waals surface area contributed by atoms with Crippen LogP contribution < -0.4 is 14.8 Å². The first-order valence-corrected chi connectivity index (χ1v) is 8.05. The first-order valence-electron chi connectivity index (χ1n) is 8.05. The molecule has 6 nitrogen and oxygen atoms in total. The van der Waals surface area contributed by atoms with Gasteiger partial charge in [0.15, 0.2) is 11.5 Å². The highest BCUT2D eigenvalue weighted by molar-refractivity contribution is 5.79. The zero-order chi connectivity index (χ0) is 16.2. The zero-order valence-electron chi connectivity index (χ0n) is 13.3. The molecule has 0 radical (unpaired) electrons. The Morgan fingerprint density at radius 1 is 1.22 bits per heavy atom. The van der Waals surface area contributed by atoms with E-state index < -0.39 is 0 Å². The molecule has 0 aliphatic carbocycles. The van der Waals surface area contributed by atoms with Gasteiger partial charge in [-0.05, 0) is 37.0 Å². The molecule has 0 atom stereocenters. The highest BCUT2D eigenvalue weighted by Gasteiger charge is 2.25. The third-order valence-corrected chi connectivity index (χ3v) is 4.46. The summed E-state index contributed by atoms with van der Waals surface area (Å²) in [4.78, 5) is 25.3. The lowest BCUT2D eigenvalue weighted by Crippen LogP contribution is -2.42. The van der Waals surface area contributed by atoms with Crippen LogP contribution in [-0.2, 0) is 16.0 Å². The smallest absolute Gasteiger partial charge is 0.231 e. The molecule has 0 spiro atoms. The van der Waals surface area contributed by atoms with E-state index in [2.05, 4.69) is 5.32 Å². The highest BCUT2D eigenvalue weighted by atomic mass is 16.7. The van der Waals surface area contributed by atoms with Crippen molar-refractivity contribution in [2.24, 2.45) is 5.92 Å². The van der Waals surface area contributed by atoms with E-state index in [1.165, 1.54) is 0 Å². The van der Waals surface area contributed by atoms with Crippen LogP contribution in [0, 0.1) is 5.92 Å². The van der Waals surface area contributed by atoms with Crippen molar-refractivity contribution in [1.82, 2.24) is 10.2 Å². The third kappa shape index (κ3) is 3.75. The molecule has 2 aliphatic heterocycles. The van der Waals surface area contributed by atoms with Gasteiger partial charge in [0.05, 0.1) is 0 Å². The van der Waals surface area contributed by atoms with Crippen LogP contribution >= 0.6 is 0 Å². The van der Waals surface area contributed by atoms with Gasteiger partial charge < -0.3 is 19.7 Å². The van der Waals surface area contributed by atoms with E-state index in [1.807, 2.05) is 18.2 Å². The molecule has 0 unspecified atom stereocenters. The molecule has 1 aromatic carbocycles. The number of nitrogens with zero attached hydrogens (tertiary/aromatic N) is 1. The number of piperidine rings is 1. The van der Waals surface area contributed by atoms with Crippen molar-refractivity contribution in [2.45, 2.75) is 26.2 Å². The molecule has 1 saturated heterocycles. The fourth-order valence-electron chi connectivity index (χ4n) is 3.03. The van der Waals surface area contributed by atoms with E-state index in [1.54, 1.807) is 11.8 Å². The molecule has 1 fully saturated rings. The lowest BCUT2D eigenvalue weighted by Gasteiger charge is -2.30. The summed E-state index contributed by atoms with van der Waals surface area (Å²) in [6.45, 7) is 3.80. The Kier molecular flexibility index (Phi) is 4.69. The molecule has 0 bridgehead atoms. The standard InChI is InChI=1S/C17H22N2O4/c1-12(20)19-8-5-14(6-9-19)17(21)18-7-4-13-2-3-15-16(10-13)23-11-22-15/h2-3,10,14H,4-9,11H2,1H3,(H,18,21). The van der Waals surface area contributed by atoms with E-state index in [0.717, 1.165) is 36.3 Å². The van der Waals surface area contributed by atoms with Crippen LogP contribution in [0.5, 0.6) is 11.5 Å². The van der Waals surface area contributed by atoms with Gasteiger partial charge in [-0.3, -0.25) is 9.59 Å². The summed E-state index contributed by atoms with van der Waals surface area (Å²) in [5, 5.41) is 3.00. The Bertz CT molecular complexity index is 594. The van der Waals surface area contributed by atoms with Crippen molar-refractivity contribution in [3.05, 3.63) is 23.8 Å². The van der Waals surface area contributed by atoms with E-state index in [-0.39, 0.29) is 24.5 Å². The Morgan fingerprint density at radius 2 is 1.96 bits per heavy atom. The minimum absolute atomic E-state index is 0.0161. The Labute approximate surface area is 135 Å². The van der Waals surface area contributed by atoms with Gasteiger partial charge in [0, 0.05) is 32.5 Å². The van der Waals surface area contributed by atoms with Crippen LogP contribution in [0.2, 0.25) is 0 Å². The Morgan fingerprint density at radius 3 is 2.70 bits per heavy atom. The van der Waals surface area contributed by atoms with Crippen molar-refractivity contribution < 1.29 is 19.1 Å². The number of hydrogen-bond acceptors (Lipinski definition) is 4. The Hall–Kier alpha value is -2.24. The fourth-order valence-corrected chi connectivity index (χ4v) is 3.03. The zero-order valence-corrected chi connectivity index (χ0v) is 13.3. The number of likely N-dealkylation sites (tertiary alicyclic amines) is 1. The van der Waals surface area contributed by atoms with E-state index in [4.69, 9.17) is 9.47 Å². The van der Waals surface area contributed by atoms with Crippen LogP contribution in [0.15, 0.2) is 18.2 Å². The number of carbonyl (C=O) groups is 2. The summed E-state index contributed by atoms with van der Waals surface area (Å²) in [6, 6.07) is 5.85. The molecule has 6 heteroatoms. The van der Waals surface area contributed by atoms with Crippen LogP contribution in [0.1, 0.15) is 25.3 Å². The maximum Gasteiger partial charge on any atom is 0.231 e. The first-order chi connectivity index (χ1) is 11.1. The van der Waals surface area contributed by atoms with E-state index in [0.29, 0.717) is 19.6 Å². The van der Waals surface area contributed by atoms with Gasteiger partial charge in [-0.15, -0.1) is 0 Å². The van der Waals surface area contributed by atoms with E-state index in [9.17, 15) is 9.59 Å². The first kappa shape index (κ1) is 15.6. The summed E-state index contributed by atoms with van der Waals surface area (Å²) in [5.74, 6) is 1.74. The number of nitrogens with one attached hydrogen (secondary N) is 1. The lowest BCUT2D eigenvalue weighted by atomic mass is 9.96. The van der Waals surface area contributed by atoms with Crippen LogP contribution in [0.3, 0.4) is 0 Å². The molecule has 0 aromatic heterocycles. The van der Waals surface area contributed by atoms with Crippen molar-refractivity contribution >= 4 is 11.8 Å². The lowest BCUT2D eigenvalue weighted by molar-refractivity contribution is -0.133. The van der Waals surface area contributed by atoms with Gasteiger partial charge in [0.2, 0.25) is 18.6 Å². The molecule has 1 N–H and O–H groups in total. The number of benzene rings is 1. The Balaban J connectivity index is 1.42. The summed E-state index contributed by atoms with van der Waals surface area (Å²) in [7, 11) is 0. The quantitative estimate of drug-likeness (QED) is 0.909. The van der Waals surface area contributed by atoms with Gasteiger partial charge in [0.1, 0.15) is 0 Å². The molecule has 1 aromatic rings. The summed E-state index contributed by atoms with van der Waals surface area (Å²) in [6.07, 6.45) is 2.25. The van der Waals surface area contributed by atoms with E-state index >= 15 is 0 Å². The number of carbonyl (C=O) groups excluding carboxylic acids is 2. The fraction of sp³-hybridized carbons (Fsp3) is 0.529. The van der Waals surface area contributed by atoms with Crippen LogP contribution in [-0.4, -0.2) is 43.1 Å². The minimum atomic E-state index is 0.0161. The normalized spacial score (nSPS) is 17.2. The second-order valence-corrected chi connectivity index (χ2v) is 6.01. The van der Waals surface area contributed by atoms with Crippen molar-refractivity contribution in [3.8, 4) is 11.5 Å². The monoisotopic (exact) mass is 318 g/mol. The number of fused-ring (bicyclic) bond motifs is 1. The van der Waals surface area contributed by atoms with Gasteiger partial charge in [-0.25, -0.2) is 0 Å². The maximum atomic E-state index is 12.2. The molecule has 2 heterocycles. The number of rotatable bonds is 4. The molecule has 23 heavy (non-hydrogen) atoms. The van der Waals surface area contributed by atoms with Gasteiger partial charge in [0.25, 0.3) is 0 Å². The predicted octanol–water partition coefficient (Wildman–Crippen LogP) is 1.33. The predicted molar refractivity (Wildman–Crippen MR) is 84.3 cm³/mol. The van der Waals surface area contributed by atoms with Gasteiger partial charge >= 0.3 is 0 Å². The third-order valence-electron chi connectivity index (χ3n) is 4.46. The summed E-state index contributed by atoms with van der Waals surface area (Å²) in [5.41, 5.74) is 1.11. The summed E-state index contributed by atoms with van der Waals surface area (Å²) >= 11 is 0. The van der Waals surface area contributed by atoms with Crippen molar-refractivity contribution in [1.29, 1.82) is 0 Å². The molecule has 0 saturated carbocycles. The molecule has 2 amide bonds. The van der Waals surface area contributed by atoms with Crippen LogP contribution in [0.4, 0.5) is 0 Å². The van der Waals surface area contributed by atoms with Crippen LogP contribution in [0.25, 0.3) is 0 Å². The topological polar surface area (TPSA) is 67.9 Å². The molecule has 124 valence electrons. The van der Waals surface area contributed by atoms with Gasteiger partial charge in [-0.1, -0.05) is 6.07 Å². The van der Waals surface area contributed by atoms with Gasteiger partial charge in [-0.2, -0.15) is 0 Å². The molecule has 3 rings (SSSR count). The number of ether oxygens (including phenoxy) is 2. The average Bonchev–Trinajstić information content (AvgIpc) is 3.02. The second-order valence-electron chi connectivity index (χ2n) is 6.01. The second kappa shape index (κ2) is 6.89. The number of hydrogen-bond donors (Lipinski definition) is 1. The van der Waals surface area contributed by atoms with Crippen molar-refractivity contribution in [2.75, 3.05) is 26.4 Å². The largest absolute Gasteiger partial charge is 0.454 e. The minimum Gasteiger partial charge on any atom is -0.454 e. The highest BCUT2D eigenvalue weighted by Crippen LogP contribution is 2.32. The molecule has 2 aliphatic rings. The molecular formula is C17H22N2O4.